The molecule has 4 rings (SSSR count). The Morgan fingerprint density at radius 3 is 2.39 bits per heavy atom. The number of halogens is 1. The van der Waals surface area contributed by atoms with Crippen LogP contribution in [0.2, 0.25) is 0 Å². The Morgan fingerprint density at radius 2 is 1.67 bits per heavy atom. The molecule has 0 aromatic heterocycles. The van der Waals surface area contributed by atoms with Gasteiger partial charge in [0, 0.05) is 32.7 Å². The van der Waals surface area contributed by atoms with Crippen LogP contribution in [0.25, 0.3) is 0 Å². The molecule has 3 aromatic rings. The van der Waals surface area contributed by atoms with E-state index in [4.69, 9.17) is 9.47 Å². The zero-order chi connectivity index (χ0) is 23.2. The molecule has 0 spiro atoms. The fourth-order valence-electron chi connectivity index (χ4n) is 3.96. The number of benzene rings is 3. The number of nitrogens with zero attached hydrogens (tertiary/aromatic N) is 2. The molecule has 33 heavy (non-hydrogen) atoms. The average molecular weight is 470 g/mol. The summed E-state index contributed by atoms with van der Waals surface area (Å²) in [6, 6.07) is 19.7. The van der Waals surface area contributed by atoms with Gasteiger partial charge in [-0.15, -0.1) is 0 Å². The molecule has 6 nitrogen and oxygen atoms in total. The maximum atomic E-state index is 13.5. The summed E-state index contributed by atoms with van der Waals surface area (Å²) >= 11 is 0. The maximum Gasteiger partial charge on any atom is 0.161 e. The second-order valence-corrected chi connectivity index (χ2v) is 9.01. The van der Waals surface area contributed by atoms with Gasteiger partial charge in [-0.3, -0.25) is 9.62 Å². The molecule has 3 aromatic carbocycles. The number of hydrogen-bond acceptors (Lipinski definition) is 5. The maximum absolute atomic E-state index is 13.5. The molecule has 174 valence electrons. The van der Waals surface area contributed by atoms with Crippen LogP contribution < -0.4 is 19.1 Å². The molecule has 0 amide bonds. The van der Waals surface area contributed by atoms with Gasteiger partial charge in [-0.25, -0.2) is 8.60 Å². The highest BCUT2D eigenvalue weighted by atomic mass is 32.2. The summed E-state index contributed by atoms with van der Waals surface area (Å²) in [6.45, 7) is 4.32. The average Bonchev–Trinajstić information content (AvgIpc) is 2.85. The van der Waals surface area contributed by atoms with Crippen molar-refractivity contribution in [2.24, 2.45) is 0 Å². The Bertz CT molecular complexity index is 1120. The fraction of sp³-hybridized carbons (Fsp3) is 0.280. The predicted octanol–water partition coefficient (Wildman–Crippen LogP) is 4.30. The smallest absolute Gasteiger partial charge is 0.161 e. The predicted molar refractivity (Wildman–Crippen MR) is 130 cm³/mol. The summed E-state index contributed by atoms with van der Waals surface area (Å²) in [6.07, 6.45) is 0. The van der Waals surface area contributed by atoms with Crippen molar-refractivity contribution in [2.75, 3.05) is 50.0 Å². The highest BCUT2D eigenvalue weighted by Gasteiger charge is 2.20. The van der Waals surface area contributed by atoms with Crippen LogP contribution in [-0.4, -0.2) is 49.5 Å². The molecule has 0 radical (unpaired) electrons. The van der Waals surface area contributed by atoms with Gasteiger partial charge in [0.05, 0.1) is 30.5 Å². The summed E-state index contributed by atoms with van der Waals surface area (Å²) in [5, 5.41) is 0. The zero-order valence-electron chi connectivity index (χ0n) is 18.8. The number of methoxy groups -OCH3 is 2. The largest absolute Gasteiger partial charge is 0.493 e. The molecule has 0 aliphatic carbocycles. The molecule has 1 heterocycles. The number of piperazine rings is 1. The Hall–Kier alpha value is -3.10. The Kier molecular flexibility index (Phi) is 7.47. The minimum Gasteiger partial charge on any atom is -0.493 e. The first-order valence-electron chi connectivity index (χ1n) is 10.8. The van der Waals surface area contributed by atoms with Gasteiger partial charge in [0.2, 0.25) is 0 Å². The number of nitrogens with one attached hydrogen (secondary N) is 1. The van der Waals surface area contributed by atoms with E-state index in [0.717, 1.165) is 55.6 Å². The first-order chi connectivity index (χ1) is 16.1. The molecule has 1 fully saturated rings. The second-order valence-electron chi connectivity index (χ2n) is 7.80. The first-order valence-corrected chi connectivity index (χ1v) is 11.9. The molecule has 1 atom stereocenters. The third kappa shape index (κ3) is 5.64. The van der Waals surface area contributed by atoms with Gasteiger partial charge in [-0.05, 0) is 48.0 Å². The molecule has 1 aliphatic rings. The fourth-order valence-corrected chi connectivity index (χ4v) is 4.87. The SMILES string of the molecule is COc1ccc(CN2CCN(c3ccccc3NS(=O)c3cccc(F)c3)CC2)cc1OC. The van der Waals surface area contributed by atoms with E-state index in [1.54, 1.807) is 26.4 Å². The van der Waals surface area contributed by atoms with Gasteiger partial charge < -0.3 is 14.4 Å². The molecule has 0 saturated carbocycles. The van der Waals surface area contributed by atoms with Gasteiger partial charge in [-0.2, -0.15) is 0 Å². The van der Waals surface area contributed by atoms with E-state index in [9.17, 15) is 8.60 Å². The third-order valence-corrected chi connectivity index (χ3v) is 6.77. The van der Waals surface area contributed by atoms with E-state index in [-0.39, 0.29) is 0 Å². The summed E-state index contributed by atoms with van der Waals surface area (Å²) in [4.78, 5) is 5.10. The number of anilines is 2. The molecular weight excluding hydrogens is 441 g/mol. The van der Waals surface area contributed by atoms with Crippen molar-refractivity contribution in [3.63, 3.8) is 0 Å². The lowest BCUT2D eigenvalue weighted by Gasteiger charge is -2.37. The monoisotopic (exact) mass is 469 g/mol. The Labute approximate surface area is 196 Å². The lowest BCUT2D eigenvalue weighted by Crippen LogP contribution is -2.46. The van der Waals surface area contributed by atoms with E-state index >= 15 is 0 Å². The first kappa shape index (κ1) is 23.1. The normalized spacial score (nSPS) is 15.2. The quantitative estimate of drug-likeness (QED) is 0.533. The van der Waals surface area contributed by atoms with Crippen LogP contribution in [0.5, 0.6) is 11.5 Å². The summed E-state index contributed by atoms with van der Waals surface area (Å²) in [7, 11) is 1.73. The van der Waals surface area contributed by atoms with E-state index in [2.05, 4.69) is 20.6 Å². The molecule has 0 bridgehead atoms. The Balaban J connectivity index is 1.40. The topological polar surface area (TPSA) is 54.0 Å². The lowest BCUT2D eigenvalue weighted by molar-refractivity contribution is 0.249. The standard InChI is InChI=1S/C25H28FN3O3S/c1-31-24-11-10-19(16-25(24)32-2)18-28-12-14-29(15-13-28)23-9-4-3-8-22(23)27-33(30)21-7-5-6-20(26)17-21/h3-11,16-17,27H,12-15,18H2,1-2H3. The van der Waals surface area contributed by atoms with E-state index in [1.165, 1.54) is 17.7 Å². The number of hydrogen-bond donors (Lipinski definition) is 1. The van der Waals surface area contributed by atoms with Crippen LogP contribution in [0.3, 0.4) is 0 Å². The number of ether oxygens (including phenoxy) is 2. The summed E-state index contributed by atoms with van der Waals surface area (Å²) in [5.41, 5.74) is 2.94. The Morgan fingerprint density at radius 1 is 0.909 bits per heavy atom. The number of rotatable bonds is 8. The van der Waals surface area contributed by atoms with Crippen LogP contribution in [0.1, 0.15) is 5.56 Å². The van der Waals surface area contributed by atoms with Crippen molar-refractivity contribution in [3.8, 4) is 11.5 Å². The van der Waals surface area contributed by atoms with Crippen molar-refractivity contribution >= 4 is 22.4 Å². The van der Waals surface area contributed by atoms with Gasteiger partial charge in [0.25, 0.3) is 0 Å². The van der Waals surface area contributed by atoms with Crippen molar-refractivity contribution in [1.29, 1.82) is 0 Å². The third-order valence-electron chi connectivity index (χ3n) is 5.68. The van der Waals surface area contributed by atoms with Crippen molar-refractivity contribution in [2.45, 2.75) is 11.4 Å². The number of para-hydroxylation sites is 2. The van der Waals surface area contributed by atoms with E-state index in [0.29, 0.717) is 4.90 Å². The summed E-state index contributed by atoms with van der Waals surface area (Å²) in [5.74, 6) is 1.06. The molecule has 1 saturated heterocycles. The van der Waals surface area contributed by atoms with Crippen LogP contribution in [0.4, 0.5) is 15.8 Å². The minimum absolute atomic E-state index is 0.401. The van der Waals surface area contributed by atoms with Gasteiger partial charge >= 0.3 is 0 Å². The van der Waals surface area contributed by atoms with Crippen LogP contribution in [0, 0.1) is 5.82 Å². The highest BCUT2D eigenvalue weighted by Crippen LogP contribution is 2.30. The molecular formula is C25H28FN3O3S. The molecule has 8 heteroatoms. The molecule has 1 unspecified atom stereocenters. The molecule has 1 aliphatic heterocycles. The van der Waals surface area contributed by atoms with Crippen molar-refractivity contribution in [1.82, 2.24) is 4.90 Å². The van der Waals surface area contributed by atoms with E-state index < -0.39 is 16.8 Å². The summed E-state index contributed by atoms with van der Waals surface area (Å²) < 4.78 is 40.1. The second kappa shape index (κ2) is 10.7. The van der Waals surface area contributed by atoms with Crippen molar-refractivity contribution in [3.05, 3.63) is 78.1 Å². The van der Waals surface area contributed by atoms with E-state index in [1.807, 2.05) is 36.4 Å². The van der Waals surface area contributed by atoms with Crippen molar-refractivity contribution < 1.29 is 18.1 Å². The van der Waals surface area contributed by atoms with Crippen LogP contribution >= 0.6 is 0 Å². The van der Waals surface area contributed by atoms with Gasteiger partial charge in [0.1, 0.15) is 16.8 Å². The van der Waals surface area contributed by atoms with Gasteiger partial charge in [0.15, 0.2) is 11.5 Å². The lowest BCUT2D eigenvalue weighted by atomic mass is 10.1. The zero-order valence-corrected chi connectivity index (χ0v) is 19.6. The highest BCUT2D eigenvalue weighted by molar-refractivity contribution is 7.86. The molecule has 1 N–H and O–H groups in total. The minimum atomic E-state index is -1.55. The van der Waals surface area contributed by atoms with Crippen LogP contribution in [0.15, 0.2) is 71.6 Å². The van der Waals surface area contributed by atoms with Gasteiger partial charge in [-0.1, -0.05) is 24.3 Å². The van der Waals surface area contributed by atoms with Crippen LogP contribution in [-0.2, 0) is 17.5 Å².